The number of hydrogen-bond donors (Lipinski definition) is 3. The van der Waals surface area contributed by atoms with E-state index in [1.165, 1.54) is 0 Å². The third-order valence-electron chi connectivity index (χ3n) is 4.38. The summed E-state index contributed by atoms with van der Waals surface area (Å²) in [7, 11) is 0. The van der Waals surface area contributed by atoms with E-state index < -0.39 is 6.03 Å². The van der Waals surface area contributed by atoms with Crippen LogP contribution in [0.4, 0.5) is 16.2 Å². The predicted molar refractivity (Wildman–Crippen MR) is 90.7 cm³/mol. The van der Waals surface area contributed by atoms with Crippen LogP contribution in [0, 0.1) is 11.8 Å². The van der Waals surface area contributed by atoms with Gasteiger partial charge in [0.05, 0.1) is 6.54 Å². The van der Waals surface area contributed by atoms with Crippen molar-refractivity contribution in [2.45, 2.75) is 19.8 Å². The molecule has 2 atom stereocenters. The van der Waals surface area contributed by atoms with Gasteiger partial charge in [0.1, 0.15) is 0 Å². The number of benzene rings is 1. The minimum Gasteiger partial charge on any atom is -0.329 e. The maximum Gasteiger partial charge on any atom is 0.324 e. The molecular weight excluding hydrogens is 324 g/mol. The van der Waals surface area contributed by atoms with Crippen molar-refractivity contribution >= 4 is 35.1 Å². The Bertz CT molecular complexity index is 700. The van der Waals surface area contributed by atoms with Crippen molar-refractivity contribution in [3.63, 3.8) is 0 Å². The molecule has 3 rings (SSSR count). The SMILES string of the molecule is C[C@H]1C[C@@H]1C(=O)Nc1ccc(NC(=O)CCN2C(=O)CNC2=O)cc1. The number of carbonyl (C=O) groups excluding carboxylic acids is 4. The largest absolute Gasteiger partial charge is 0.329 e. The van der Waals surface area contributed by atoms with E-state index in [1.807, 2.05) is 6.92 Å². The molecule has 8 heteroatoms. The second-order valence-electron chi connectivity index (χ2n) is 6.39. The first kappa shape index (κ1) is 16.9. The fourth-order valence-corrected chi connectivity index (χ4v) is 2.68. The van der Waals surface area contributed by atoms with Crippen LogP contribution in [0.15, 0.2) is 24.3 Å². The van der Waals surface area contributed by atoms with Crippen LogP contribution in [0.5, 0.6) is 0 Å². The minimum absolute atomic E-state index is 0.0206. The molecule has 1 aromatic carbocycles. The number of urea groups is 1. The van der Waals surface area contributed by atoms with Crippen LogP contribution < -0.4 is 16.0 Å². The van der Waals surface area contributed by atoms with Gasteiger partial charge in [-0.15, -0.1) is 0 Å². The van der Waals surface area contributed by atoms with Gasteiger partial charge in [-0.2, -0.15) is 0 Å². The van der Waals surface area contributed by atoms with E-state index in [9.17, 15) is 19.2 Å². The van der Waals surface area contributed by atoms with Crippen molar-refractivity contribution in [2.75, 3.05) is 23.7 Å². The monoisotopic (exact) mass is 344 g/mol. The number of nitrogens with one attached hydrogen (secondary N) is 3. The van der Waals surface area contributed by atoms with Gasteiger partial charge in [-0.1, -0.05) is 6.92 Å². The van der Waals surface area contributed by atoms with Crippen LogP contribution in [0.25, 0.3) is 0 Å². The van der Waals surface area contributed by atoms with Crippen LogP contribution in [-0.2, 0) is 14.4 Å². The number of anilines is 2. The molecule has 8 nitrogen and oxygen atoms in total. The van der Waals surface area contributed by atoms with Gasteiger partial charge in [-0.05, 0) is 36.6 Å². The molecule has 2 fully saturated rings. The number of amides is 5. The summed E-state index contributed by atoms with van der Waals surface area (Å²) in [5.41, 5.74) is 1.27. The average molecular weight is 344 g/mol. The summed E-state index contributed by atoms with van der Waals surface area (Å²) < 4.78 is 0. The lowest BCUT2D eigenvalue weighted by atomic mass is 10.2. The molecule has 1 aliphatic heterocycles. The van der Waals surface area contributed by atoms with E-state index in [-0.39, 0.29) is 43.1 Å². The lowest BCUT2D eigenvalue weighted by Crippen LogP contribution is -2.33. The second-order valence-corrected chi connectivity index (χ2v) is 6.39. The Kier molecular flexibility index (Phi) is 4.69. The van der Waals surface area contributed by atoms with E-state index in [4.69, 9.17) is 0 Å². The van der Waals surface area contributed by atoms with Crippen molar-refractivity contribution < 1.29 is 19.2 Å². The lowest BCUT2D eigenvalue weighted by molar-refractivity contribution is -0.125. The van der Waals surface area contributed by atoms with Gasteiger partial charge in [-0.3, -0.25) is 19.3 Å². The van der Waals surface area contributed by atoms with Crippen molar-refractivity contribution in [3.05, 3.63) is 24.3 Å². The molecule has 0 spiro atoms. The van der Waals surface area contributed by atoms with Crippen molar-refractivity contribution in [1.29, 1.82) is 0 Å². The Morgan fingerprint density at radius 2 is 1.76 bits per heavy atom. The molecule has 5 amide bonds. The van der Waals surface area contributed by atoms with Gasteiger partial charge < -0.3 is 16.0 Å². The molecule has 0 radical (unpaired) electrons. The fraction of sp³-hybridized carbons (Fsp3) is 0.412. The Labute approximate surface area is 144 Å². The highest BCUT2D eigenvalue weighted by Crippen LogP contribution is 2.38. The number of imide groups is 1. The van der Waals surface area contributed by atoms with Gasteiger partial charge >= 0.3 is 6.03 Å². The maximum absolute atomic E-state index is 11.9. The van der Waals surface area contributed by atoms with Gasteiger partial charge in [0.15, 0.2) is 0 Å². The van der Waals surface area contributed by atoms with Gasteiger partial charge in [0, 0.05) is 30.3 Å². The zero-order valence-electron chi connectivity index (χ0n) is 13.9. The number of carbonyl (C=O) groups is 4. The molecule has 1 aliphatic carbocycles. The van der Waals surface area contributed by atoms with Crippen LogP contribution in [-0.4, -0.2) is 41.7 Å². The van der Waals surface area contributed by atoms with Gasteiger partial charge in [0.25, 0.3) is 0 Å². The minimum atomic E-state index is -0.470. The number of nitrogens with zero attached hydrogens (tertiary/aromatic N) is 1. The molecule has 1 heterocycles. The molecule has 132 valence electrons. The maximum atomic E-state index is 11.9. The molecule has 2 aliphatic rings. The topological polar surface area (TPSA) is 108 Å². The molecule has 0 bridgehead atoms. The number of rotatable bonds is 6. The quantitative estimate of drug-likeness (QED) is 0.673. The first-order chi connectivity index (χ1) is 11.9. The summed E-state index contributed by atoms with van der Waals surface area (Å²) in [4.78, 5) is 47.6. The third kappa shape index (κ3) is 4.14. The standard InChI is InChI=1S/C17H20N4O4/c1-10-8-13(10)16(24)20-12-4-2-11(3-5-12)19-14(22)6-7-21-15(23)9-18-17(21)25/h2-5,10,13H,6-9H2,1H3,(H,18,25)(H,19,22)(H,20,24)/t10-,13-/m0/s1. The highest BCUT2D eigenvalue weighted by Gasteiger charge is 2.39. The summed E-state index contributed by atoms with van der Waals surface area (Å²) >= 11 is 0. The third-order valence-corrected chi connectivity index (χ3v) is 4.38. The highest BCUT2D eigenvalue weighted by atomic mass is 16.2. The second kappa shape index (κ2) is 6.92. The van der Waals surface area contributed by atoms with E-state index in [0.717, 1.165) is 11.3 Å². The summed E-state index contributed by atoms with van der Waals surface area (Å²) in [6.45, 7) is 2.07. The van der Waals surface area contributed by atoms with Crippen LogP contribution in [0.2, 0.25) is 0 Å². The first-order valence-corrected chi connectivity index (χ1v) is 8.23. The molecule has 0 unspecified atom stereocenters. The van der Waals surface area contributed by atoms with Crippen molar-refractivity contribution in [1.82, 2.24) is 10.2 Å². The fourth-order valence-electron chi connectivity index (χ4n) is 2.68. The van der Waals surface area contributed by atoms with E-state index >= 15 is 0 Å². The normalized spacial score (nSPS) is 21.7. The Balaban J connectivity index is 1.46. The van der Waals surface area contributed by atoms with Gasteiger partial charge in [-0.25, -0.2) is 4.79 Å². The van der Waals surface area contributed by atoms with E-state index in [1.54, 1.807) is 24.3 Å². The smallest absolute Gasteiger partial charge is 0.324 e. The zero-order valence-corrected chi connectivity index (χ0v) is 13.9. The number of hydrogen-bond acceptors (Lipinski definition) is 4. The van der Waals surface area contributed by atoms with Crippen molar-refractivity contribution in [2.24, 2.45) is 11.8 Å². The first-order valence-electron chi connectivity index (χ1n) is 8.23. The van der Waals surface area contributed by atoms with Crippen molar-refractivity contribution in [3.8, 4) is 0 Å². The van der Waals surface area contributed by atoms with Crippen LogP contribution >= 0.6 is 0 Å². The van der Waals surface area contributed by atoms with Gasteiger partial charge in [0.2, 0.25) is 17.7 Å². The Hall–Kier alpha value is -2.90. The van der Waals surface area contributed by atoms with E-state index in [2.05, 4.69) is 16.0 Å². The lowest BCUT2D eigenvalue weighted by Gasteiger charge is -2.12. The molecule has 1 aromatic rings. The highest BCUT2D eigenvalue weighted by molar-refractivity contribution is 6.02. The van der Waals surface area contributed by atoms with Crippen LogP contribution in [0.3, 0.4) is 0 Å². The zero-order chi connectivity index (χ0) is 18.0. The molecule has 25 heavy (non-hydrogen) atoms. The summed E-state index contributed by atoms with van der Waals surface area (Å²) in [6, 6.07) is 6.35. The summed E-state index contributed by atoms with van der Waals surface area (Å²) in [5, 5.41) is 7.94. The average Bonchev–Trinajstić information content (AvgIpc) is 3.23. The molecule has 1 saturated heterocycles. The molecule has 3 N–H and O–H groups in total. The molecule has 1 saturated carbocycles. The Morgan fingerprint density at radius 1 is 1.16 bits per heavy atom. The summed E-state index contributed by atoms with van der Waals surface area (Å²) in [6.07, 6.45) is 0.953. The summed E-state index contributed by atoms with van der Waals surface area (Å²) in [5.74, 6) is -0.0511. The van der Waals surface area contributed by atoms with E-state index in [0.29, 0.717) is 17.3 Å². The molecule has 0 aromatic heterocycles. The predicted octanol–water partition coefficient (Wildman–Crippen LogP) is 1.16. The Morgan fingerprint density at radius 3 is 2.28 bits per heavy atom. The molecular formula is C17H20N4O4. The van der Waals surface area contributed by atoms with Crippen LogP contribution in [0.1, 0.15) is 19.8 Å².